The molecule has 0 amide bonds. The maximum atomic E-state index is 11.4. The fourth-order valence-corrected chi connectivity index (χ4v) is 3.02. The molecule has 1 aromatic rings. The normalized spacial score (nSPS) is 28.1. The summed E-state index contributed by atoms with van der Waals surface area (Å²) in [5.41, 5.74) is 0. The van der Waals surface area contributed by atoms with Crippen LogP contribution in [0.25, 0.3) is 0 Å². The quantitative estimate of drug-likeness (QED) is 0.856. The number of nitrogens with one attached hydrogen (secondary N) is 1. The number of hydrogen-bond donors (Lipinski definition) is 1. The molecule has 1 aromatic heterocycles. The summed E-state index contributed by atoms with van der Waals surface area (Å²) in [7, 11) is 1.36. The lowest BCUT2D eigenvalue weighted by molar-refractivity contribution is 0.0561. The largest absolute Gasteiger partial charge is 0.463 e. The monoisotopic (exact) mass is 279 g/mol. The highest BCUT2D eigenvalue weighted by Gasteiger charge is 2.28. The van der Waals surface area contributed by atoms with Gasteiger partial charge < -0.3 is 14.5 Å². The topological polar surface area (TPSA) is 51.5 Å². The lowest BCUT2D eigenvalue weighted by Crippen LogP contribution is -2.41. The van der Waals surface area contributed by atoms with Crippen molar-refractivity contribution >= 4 is 5.97 Å². The first-order chi connectivity index (χ1) is 9.52. The van der Waals surface area contributed by atoms with Crippen LogP contribution in [0, 0.1) is 11.8 Å². The molecule has 4 nitrogen and oxygen atoms in total. The number of rotatable bonds is 4. The van der Waals surface area contributed by atoms with E-state index < -0.39 is 5.97 Å². The van der Waals surface area contributed by atoms with Crippen molar-refractivity contribution in [2.75, 3.05) is 7.11 Å². The van der Waals surface area contributed by atoms with Crippen molar-refractivity contribution < 1.29 is 13.9 Å². The first-order valence-corrected chi connectivity index (χ1v) is 7.47. The predicted octanol–water partition coefficient (Wildman–Crippen LogP) is 3.54. The van der Waals surface area contributed by atoms with E-state index in [2.05, 4.69) is 30.8 Å². The van der Waals surface area contributed by atoms with Gasteiger partial charge in [0.1, 0.15) is 5.76 Å². The summed E-state index contributed by atoms with van der Waals surface area (Å²) in [4.78, 5) is 11.4. The predicted molar refractivity (Wildman–Crippen MR) is 77.6 cm³/mol. The van der Waals surface area contributed by atoms with Crippen molar-refractivity contribution in [3.63, 3.8) is 0 Å². The summed E-state index contributed by atoms with van der Waals surface area (Å²) in [5.74, 6) is 2.05. The van der Waals surface area contributed by atoms with E-state index in [0.717, 1.165) is 11.7 Å². The van der Waals surface area contributed by atoms with Gasteiger partial charge >= 0.3 is 5.97 Å². The van der Waals surface area contributed by atoms with Crippen LogP contribution in [0.5, 0.6) is 0 Å². The van der Waals surface area contributed by atoms with Crippen LogP contribution in [0.4, 0.5) is 0 Å². The summed E-state index contributed by atoms with van der Waals surface area (Å²) in [6.45, 7) is 6.72. The number of hydrogen-bond acceptors (Lipinski definition) is 4. The maximum Gasteiger partial charge on any atom is 0.373 e. The van der Waals surface area contributed by atoms with E-state index in [1.54, 1.807) is 6.07 Å². The Balaban J connectivity index is 1.99. The second kappa shape index (κ2) is 6.44. The molecule has 0 aliphatic heterocycles. The number of carbonyl (C=O) groups excluding carboxylic acids is 1. The summed E-state index contributed by atoms with van der Waals surface area (Å²) in [6.07, 6.45) is 3.81. The molecule has 0 radical (unpaired) electrons. The maximum absolute atomic E-state index is 11.4. The molecule has 1 fully saturated rings. The number of methoxy groups -OCH3 is 1. The Kier molecular flexibility index (Phi) is 4.86. The van der Waals surface area contributed by atoms with Crippen LogP contribution in [0.1, 0.15) is 62.4 Å². The highest BCUT2D eigenvalue weighted by Crippen LogP contribution is 2.31. The van der Waals surface area contributed by atoms with Crippen molar-refractivity contribution in [3.8, 4) is 0 Å². The Labute approximate surface area is 120 Å². The second-order valence-corrected chi connectivity index (χ2v) is 5.96. The lowest BCUT2D eigenvalue weighted by atomic mass is 9.78. The first kappa shape index (κ1) is 15.1. The fourth-order valence-electron chi connectivity index (χ4n) is 3.02. The van der Waals surface area contributed by atoms with E-state index in [1.165, 1.54) is 26.4 Å². The van der Waals surface area contributed by atoms with Crippen molar-refractivity contribution in [2.45, 2.75) is 52.1 Å². The molecule has 112 valence electrons. The highest BCUT2D eigenvalue weighted by atomic mass is 16.5. The zero-order chi connectivity index (χ0) is 14.7. The molecule has 1 N–H and O–H groups in total. The molecule has 0 saturated heterocycles. The molecule has 1 saturated carbocycles. The van der Waals surface area contributed by atoms with Crippen LogP contribution < -0.4 is 5.32 Å². The molecular weight excluding hydrogens is 254 g/mol. The minimum absolute atomic E-state index is 0.103. The Morgan fingerprint density at radius 2 is 2.15 bits per heavy atom. The Hall–Kier alpha value is -1.29. The molecule has 2 rings (SSSR count). The third kappa shape index (κ3) is 3.23. The zero-order valence-corrected chi connectivity index (χ0v) is 12.8. The third-order valence-electron chi connectivity index (χ3n) is 4.61. The Morgan fingerprint density at radius 3 is 2.85 bits per heavy atom. The molecule has 4 atom stereocenters. The average Bonchev–Trinajstić information content (AvgIpc) is 2.93. The van der Waals surface area contributed by atoms with Crippen LogP contribution in [0.2, 0.25) is 0 Å². The van der Waals surface area contributed by atoms with Crippen LogP contribution in [0.15, 0.2) is 16.5 Å². The van der Waals surface area contributed by atoms with Gasteiger partial charge in [0.15, 0.2) is 0 Å². The van der Waals surface area contributed by atoms with Gasteiger partial charge in [0, 0.05) is 6.04 Å². The average molecular weight is 279 g/mol. The number of carbonyl (C=O) groups is 1. The Bertz CT molecular complexity index is 454. The smallest absolute Gasteiger partial charge is 0.373 e. The minimum atomic E-state index is -0.428. The van der Waals surface area contributed by atoms with Gasteiger partial charge in [0.2, 0.25) is 5.76 Å². The summed E-state index contributed by atoms with van der Waals surface area (Å²) in [6, 6.07) is 4.14. The van der Waals surface area contributed by atoms with Gasteiger partial charge in [0.25, 0.3) is 0 Å². The van der Waals surface area contributed by atoms with Gasteiger partial charge in [-0.05, 0) is 37.3 Å². The van der Waals surface area contributed by atoms with Crippen molar-refractivity contribution in [1.29, 1.82) is 0 Å². The van der Waals surface area contributed by atoms with Crippen LogP contribution in [-0.4, -0.2) is 19.1 Å². The molecule has 1 aliphatic rings. The van der Waals surface area contributed by atoms with Crippen molar-refractivity contribution in [1.82, 2.24) is 5.32 Å². The summed E-state index contributed by atoms with van der Waals surface area (Å²) >= 11 is 0. The van der Waals surface area contributed by atoms with Gasteiger partial charge in [-0.15, -0.1) is 0 Å². The van der Waals surface area contributed by atoms with Crippen LogP contribution >= 0.6 is 0 Å². The third-order valence-corrected chi connectivity index (χ3v) is 4.61. The van der Waals surface area contributed by atoms with Crippen molar-refractivity contribution in [3.05, 3.63) is 23.7 Å². The molecule has 4 heteroatoms. The van der Waals surface area contributed by atoms with E-state index in [0.29, 0.717) is 12.0 Å². The van der Waals surface area contributed by atoms with Gasteiger partial charge in [-0.25, -0.2) is 4.79 Å². The van der Waals surface area contributed by atoms with Gasteiger partial charge in [-0.1, -0.05) is 26.7 Å². The minimum Gasteiger partial charge on any atom is -0.463 e. The van der Waals surface area contributed by atoms with E-state index in [-0.39, 0.29) is 11.8 Å². The molecule has 20 heavy (non-hydrogen) atoms. The molecule has 0 bridgehead atoms. The lowest BCUT2D eigenvalue weighted by Gasteiger charge is -2.36. The second-order valence-electron chi connectivity index (χ2n) is 5.96. The molecule has 1 aliphatic carbocycles. The highest BCUT2D eigenvalue weighted by molar-refractivity contribution is 5.86. The molecular formula is C16H25NO3. The van der Waals surface area contributed by atoms with Crippen molar-refractivity contribution in [2.24, 2.45) is 11.8 Å². The Morgan fingerprint density at radius 1 is 1.40 bits per heavy atom. The fraction of sp³-hybridized carbons (Fsp3) is 0.688. The zero-order valence-electron chi connectivity index (χ0n) is 12.8. The molecule has 0 aromatic carbocycles. The van der Waals surface area contributed by atoms with Gasteiger partial charge in [0.05, 0.1) is 13.2 Å². The standard InChI is InChI=1S/C16H25NO3/c1-10-6-5-7-13(11(10)2)17-12(3)14-8-9-15(20-14)16(18)19-4/h8-13,17H,5-7H2,1-4H3. The number of esters is 1. The van der Waals surface area contributed by atoms with E-state index in [1.807, 2.05) is 6.07 Å². The van der Waals surface area contributed by atoms with E-state index in [9.17, 15) is 4.79 Å². The van der Waals surface area contributed by atoms with E-state index >= 15 is 0 Å². The van der Waals surface area contributed by atoms with Gasteiger partial charge in [-0.3, -0.25) is 0 Å². The van der Waals surface area contributed by atoms with E-state index in [4.69, 9.17) is 4.42 Å². The molecule has 4 unspecified atom stereocenters. The summed E-state index contributed by atoms with van der Waals surface area (Å²) in [5, 5.41) is 3.64. The molecule has 1 heterocycles. The number of ether oxygens (including phenoxy) is 1. The van der Waals surface area contributed by atoms with Gasteiger partial charge in [-0.2, -0.15) is 0 Å². The van der Waals surface area contributed by atoms with Crippen LogP contribution in [-0.2, 0) is 4.74 Å². The first-order valence-electron chi connectivity index (χ1n) is 7.47. The van der Waals surface area contributed by atoms with Crippen LogP contribution in [0.3, 0.4) is 0 Å². The number of furan rings is 1. The SMILES string of the molecule is COC(=O)c1ccc(C(C)NC2CCCC(C)C2C)o1. The summed E-state index contributed by atoms with van der Waals surface area (Å²) < 4.78 is 10.2. The molecule has 0 spiro atoms.